The van der Waals surface area contributed by atoms with Crippen molar-refractivity contribution in [2.45, 2.75) is 19.9 Å². The van der Waals surface area contributed by atoms with Crippen LogP contribution in [0.15, 0.2) is 17.4 Å². The largest absolute Gasteiger partial charge is 0.323 e. The molecule has 0 heterocycles. The van der Waals surface area contributed by atoms with Gasteiger partial charge in [-0.15, -0.1) is 0 Å². The third-order valence-electron chi connectivity index (χ3n) is 0.849. The molecular formula is C7H15N3. The molecule has 0 bridgehead atoms. The summed E-state index contributed by atoms with van der Waals surface area (Å²) in [7, 11) is 1.86. The highest BCUT2D eigenvalue weighted by molar-refractivity contribution is 5.62. The molecule has 0 aliphatic heterocycles. The van der Waals surface area contributed by atoms with Crippen LogP contribution in [0.4, 0.5) is 0 Å². The maximum atomic E-state index is 5.44. The summed E-state index contributed by atoms with van der Waals surface area (Å²) in [6.45, 7) is 3.82. The van der Waals surface area contributed by atoms with Crippen LogP contribution in [-0.4, -0.2) is 24.3 Å². The number of allylic oxidation sites excluding steroid dienone is 1. The zero-order valence-corrected chi connectivity index (χ0v) is 6.78. The summed E-state index contributed by atoms with van der Waals surface area (Å²) in [6, 6.07) is 0.0210. The monoisotopic (exact) mass is 141 g/mol. The molecule has 0 amide bonds. The molecule has 0 aromatic carbocycles. The van der Waals surface area contributed by atoms with Crippen LogP contribution in [0, 0.1) is 0 Å². The number of nitrogens with two attached hydrogens (primary N) is 1. The third kappa shape index (κ3) is 5.31. The normalized spacial score (nSPS) is 14.8. The maximum Gasteiger partial charge on any atom is 0.0413 e. The van der Waals surface area contributed by atoms with Crippen LogP contribution < -0.4 is 5.73 Å². The smallest absolute Gasteiger partial charge is 0.0413 e. The Bertz CT molecular complexity index is 127. The molecule has 3 nitrogen and oxygen atoms in total. The van der Waals surface area contributed by atoms with Gasteiger partial charge in [-0.2, -0.15) is 5.10 Å². The van der Waals surface area contributed by atoms with Crippen molar-refractivity contribution < 1.29 is 0 Å². The van der Waals surface area contributed by atoms with E-state index >= 15 is 0 Å². The van der Waals surface area contributed by atoms with E-state index in [1.165, 1.54) is 0 Å². The summed E-state index contributed by atoms with van der Waals surface area (Å²) < 4.78 is 0. The van der Waals surface area contributed by atoms with E-state index in [1.54, 1.807) is 11.2 Å². The van der Waals surface area contributed by atoms with Crippen LogP contribution in [0.3, 0.4) is 0 Å². The van der Waals surface area contributed by atoms with E-state index in [4.69, 9.17) is 5.73 Å². The fraction of sp³-hybridized carbons (Fsp3) is 0.571. The number of hydrazone groups is 1. The molecule has 0 aromatic rings. The van der Waals surface area contributed by atoms with Crippen molar-refractivity contribution in [1.29, 1.82) is 0 Å². The Morgan fingerprint density at radius 1 is 1.60 bits per heavy atom. The highest BCUT2D eigenvalue weighted by atomic mass is 15.4. The first-order chi connectivity index (χ1) is 4.66. The van der Waals surface area contributed by atoms with Gasteiger partial charge in [0.25, 0.3) is 0 Å². The van der Waals surface area contributed by atoms with Crippen molar-refractivity contribution in [3.8, 4) is 0 Å². The van der Waals surface area contributed by atoms with E-state index < -0.39 is 0 Å². The first-order valence-electron chi connectivity index (χ1n) is 3.32. The highest BCUT2D eigenvalue weighted by Crippen LogP contribution is 1.83. The van der Waals surface area contributed by atoms with Crippen molar-refractivity contribution in [2.24, 2.45) is 10.8 Å². The first-order valence-corrected chi connectivity index (χ1v) is 3.32. The summed E-state index contributed by atoms with van der Waals surface area (Å²) in [5, 5.41) is 5.72. The molecule has 0 aliphatic rings. The lowest BCUT2D eigenvalue weighted by atomic mass is 10.4. The van der Waals surface area contributed by atoms with Crippen molar-refractivity contribution in [3.05, 3.63) is 12.3 Å². The minimum absolute atomic E-state index is 0.0210. The van der Waals surface area contributed by atoms with Crippen LogP contribution in [-0.2, 0) is 0 Å². The second kappa shape index (κ2) is 4.99. The Hall–Kier alpha value is -0.830. The molecule has 10 heavy (non-hydrogen) atoms. The molecule has 58 valence electrons. The van der Waals surface area contributed by atoms with Gasteiger partial charge >= 0.3 is 0 Å². The van der Waals surface area contributed by atoms with Crippen LogP contribution >= 0.6 is 0 Å². The van der Waals surface area contributed by atoms with Crippen molar-refractivity contribution in [1.82, 2.24) is 5.01 Å². The zero-order chi connectivity index (χ0) is 7.98. The summed E-state index contributed by atoms with van der Waals surface area (Å²) in [4.78, 5) is 0. The molecule has 1 unspecified atom stereocenters. The second-order valence-electron chi connectivity index (χ2n) is 2.18. The standard InChI is InChI=1S/C7H15N3/c1-4-5-10(3)9-6-7(2)8/h4-7H,8H2,1-3H3/b5-4-,9-6-. The quantitative estimate of drug-likeness (QED) is 0.466. The second-order valence-corrected chi connectivity index (χ2v) is 2.18. The SMILES string of the molecule is C/C=C\N(C)/N=C\C(C)N. The van der Waals surface area contributed by atoms with Gasteiger partial charge in [-0.3, -0.25) is 5.01 Å². The molecule has 0 spiro atoms. The Balaban J connectivity index is 3.66. The predicted octanol–water partition coefficient (Wildman–Crippen LogP) is 0.785. The van der Waals surface area contributed by atoms with E-state index in [0.29, 0.717) is 0 Å². The Kier molecular flexibility index (Phi) is 4.58. The number of hydrogen-bond acceptors (Lipinski definition) is 3. The highest BCUT2D eigenvalue weighted by Gasteiger charge is 1.85. The minimum atomic E-state index is 0.0210. The van der Waals surface area contributed by atoms with Crippen molar-refractivity contribution >= 4 is 6.21 Å². The van der Waals surface area contributed by atoms with E-state index in [0.717, 1.165) is 0 Å². The van der Waals surface area contributed by atoms with Crippen molar-refractivity contribution in [2.75, 3.05) is 7.05 Å². The molecule has 2 N–H and O–H groups in total. The average Bonchev–Trinajstić information content (AvgIpc) is 1.85. The molecule has 0 fully saturated rings. The number of rotatable bonds is 3. The average molecular weight is 141 g/mol. The lowest BCUT2D eigenvalue weighted by Crippen LogP contribution is -2.17. The van der Waals surface area contributed by atoms with Crippen molar-refractivity contribution in [3.63, 3.8) is 0 Å². The molecule has 0 rings (SSSR count). The lowest BCUT2D eigenvalue weighted by molar-refractivity contribution is 0.490. The summed E-state index contributed by atoms with van der Waals surface area (Å²) in [5.74, 6) is 0. The lowest BCUT2D eigenvalue weighted by Gasteiger charge is -2.05. The van der Waals surface area contributed by atoms with Gasteiger partial charge in [-0.25, -0.2) is 0 Å². The Morgan fingerprint density at radius 2 is 2.20 bits per heavy atom. The molecule has 0 saturated heterocycles. The van der Waals surface area contributed by atoms with Crippen LogP contribution in [0.2, 0.25) is 0 Å². The topological polar surface area (TPSA) is 41.6 Å². The first kappa shape index (κ1) is 9.17. The molecule has 0 radical (unpaired) electrons. The molecule has 1 atom stereocenters. The Morgan fingerprint density at radius 3 is 2.60 bits per heavy atom. The van der Waals surface area contributed by atoms with Gasteiger partial charge in [0.05, 0.1) is 0 Å². The van der Waals surface area contributed by atoms with E-state index in [1.807, 2.05) is 33.2 Å². The third-order valence-corrected chi connectivity index (χ3v) is 0.849. The number of nitrogens with zero attached hydrogens (tertiary/aromatic N) is 2. The van der Waals surface area contributed by atoms with Gasteiger partial charge < -0.3 is 5.73 Å². The van der Waals surface area contributed by atoms with Gasteiger partial charge in [0.15, 0.2) is 0 Å². The summed E-state index contributed by atoms with van der Waals surface area (Å²) >= 11 is 0. The zero-order valence-electron chi connectivity index (χ0n) is 6.78. The number of hydrogen-bond donors (Lipinski definition) is 1. The van der Waals surface area contributed by atoms with E-state index in [9.17, 15) is 0 Å². The predicted molar refractivity (Wildman–Crippen MR) is 44.7 cm³/mol. The Labute approximate surface area is 62.2 Å². The van der Waals surface area contributed by atoms with Gasteiger partial charge in [-0.1, -0.05) is 6.08 Å². The van der Waals surface area contributed by atoms with Crippen LogP contribution in [0.1, 0.15) is 13.8 Å². The fourth-order valence-electron chi connectivity index (χ4n) is 0.465. The van der Waals surface area contributed by atoms with E-state index in [-0.39, 0.29) is 6.04 Å². The maximum absolute atomic E-state index is 5.44. The summed E-state index contributed by atoms with van der Waals surface area (Å²) in [5.41, 5.74) is 5.44. The molecule has 0 aromatic heterocycles. The van der Waals surface area contributed by atoms with Crippen LogP contribution in [0.5, 0.6) is 0 Å². The van der Waals surface area contributed by atoms with Gasteiger partial charge in [-0.05, 0) is 13.8 Å². The van der Waals surface area contributed by atoms with Gasteiger partial charge in [0.2, 0.25) is 0 Å². The van der Waals surface area contributed by atoms with Crippen LogP contribution in [0.25, 0.3) is 0 Å². The molecule has 0 saturated carbocycles. The fourth-order valence-corrected chi connectivity index (χ4v) is 0.465. The molecule has 3 heteroatoms. The van der Waals surface area contributed by atoms with Gasteiger partial charge in [0, 0.05) is 25.5 Å². The van der Waals surface area contributed by atoms with Gasteiger partial charge in [0.1, 0.15) is 0 Å². The molecular weight excluding hydrogens is 126 g/mol. The summed E-state index contributed by atoms with van der Waals surface area (Å²) in [6.07, 6.45) is 5.47. The minimum Gasteiger partial charge on any atom is -0.323 e. The van der Waals surface area contributed by atoms with E-state index in [2.05, 4.69) is 5.10 Å². The molecule has 0 aliphatic carbocycles.